The Bertz CT molecular complexity index is 1100. The molecule has 4 heterocycles. The average Bonchev–Trinajstić information content (AvgIpc) is 2.72. The Hall–Kier alpha value is -3.21. The van der Waals surface area contributed by atoms with Gasteiger partial charge in [-0.2, -0.15) is 5.26 Å². The summed E-state index contributed by atoms with van der Waals surface area (Å²) in [5.74, 6) is -1.19. The molecular formula is C21H23N5O3. The zero-order valence-electron chi connectivity index (χ0n) is 16.5. The fraction of sp³-hybridized carbons (Fsp3) is 0.476. The summed E-state index contributed by atoms with van der Waals surface area (Å²) in [7, 11) is 0. The summed E-state index contributed by atoms with van der Waals surface area (Å²) in [6.45, 7) is 5.30. The minimum atomic E-state index is -0.682. The number of carbonyl (C=O) groups is 2. The second-order valence-corrected chi connectivity index (χ2v) is 7.81. The molecule has 3 atom stereocenters. The Morgan fingerprint density at radius 2 is 2.17 bits per heavy atom. The summed E-state index contributed by atoms with van der Waals surface area (Å²) in [6, 6.07) is 5.51. The molecule has 1 N–H and O–H groups in total. The third kappa shape index (κ3) is 3.27. The first-order valence-electron chi connectivity index (χ1n) is 9.93. The van der Waals surface area contributed by atoms with Crippen LogP contribution in [0.4, 0.5) is 0 Å². The van der Waals surface area contributed by atoms with Crippen molar-refractivity contribution in [2.75, 3.05) is 13.1 Å². The first-order chi connectivity index (χ1) is 13.9. The topological polar surface area (TPSA) is 108 Å². The van der Waals surface area contributed by atoms with Crippen molar-refractivity contribution >= 4 is 22.8 Å². The van der Waals surface area contributed by atoms with Crippen molar-refractivity contribution in [1.29, 1.82) is 5.26 Å². The smallest absolute Gasteiger partial charge is 0.259 e. The van der Waals surface area contributed by atoms with E-state index in [-0.39, 0.29) is 34.8 Å². The molecule has 2 fully saturated rings. The lowest BCUT2D eigenvalue weighted by atomic mass is 9.80. The van der Waals surface area contributed by atoms with E-state index in [1.54, 1.807) is 23.2 Å². The van der Waals surface area contributed by atoms with Gasteiger partial charge in [-0.1, -0.05) is 0 Å². The molecule has 2 aromatic heterocycles. The molecule has 0 saturated carbocycles. The summed E-state index contributed by atoms with van der Waals surface area (Å²) in [4.78, 5) is 44.3. The molecule has 0 bridgehead atoms. The summed E-state index contributed by atoms with van der Waals surface area (Å²) in [5, 5.41) is 12.5. The third-order valence-corrected chi connectivity index (χ3v) is 5.99. The van der Waals surface area contributed by atoms with Crippen molar-refractivity contribution in [3.05, 3.63) is 39.8 Å². The molecular weight excluding hydrogens is 370 g/mol. The van der Waals surface area contributed by atoms with Gasteiger partial charge in [0, 0.05) is 37.6 Å². The van der Waals surface area contributed by atoms with Gasteiger partial charge in [-0.05, 0) is 44.7 Å². The van der Waals surface area contributed by atoms with Gasteiger partial charge in [-0.25, -0.2) is 4.98 Å². The molecule has 8 heteroatoms. The molecule has 2 aliphatic rings. The number of likely N-dealkylation sites (tertiary alicyclic amines) is 1. The molecule has 150 valence electrons. The van der Waals surface area contributed by atoms with Crippen molar-refractivity contribution in [2.24, 2.45) is 11.8 Å². The molecule has 0 spiro atoms. The fourth-order valence-corrected chi connectivity index (χ4v) is 4.37. The fourth-order valence-electron chi connectivity index (χ4n) is 4.37. The van der Waals surface area contributed by atoms with E-state index in [1.165, 1.54) is 0 Å². The number of carbonyl (C=O) groups excluding carboxylic acids is 2. The van der Waals surface area contributed by atoms with E-state index < -0.39 is 5.92 Å². The van der Waals surface area contributed by atoms with Crippen molar-refractivity contribution in [3.63, 3.8) is 0 Å². The molecule has 3 unspecified atom stereocenters. The van der Waals surface area contributed by atoms with Crippen molar-refractivity contribution < 1.29 is 9.59 Å². The number of amides is 2. The molecule has 2 amide bonds. The maximum absolute atomic E-state index is 13.2. The van der Waals surface area contributed by atoms with Gasteiger partial charge in [-0.3, -0.25) is 14.4 Å². The number of aryl methyl sites for hydroxylation is 2. The van der Waals surface area contributed by atoms with Gasteiger partial charge in [-0.15, -0.1) is 0 Å². The summed E-state index contributed by atoms with van der Waals surface area (Å²) in [6.07, 6.45) is 2.67. The molecule has 2 saturated heterocycles. The molecule has 4 rings (SSSR count). The van der Waals surface area contributed by atoms with Crippen LogP contribution < -0.4 is 10.7 Å². The van der Waals surface area contributed by atoms with Crippen LogP contribution in [0.1, 0.15) is 35.8 Å². The SMILES string of the molecule is CCn1cc(C(=O)N2CCC3NC(=O)C(C#N)CC3C2)c(=O)c2ccc(C)nc21. The normalized spacial score (nSPS) is 24.0. The van der Waals surface area contributed by atoms with Gasteiger partial charge in [0.05, 0.1) is 11.5 Å². The first-order valence-corrected chi connectivity index (χ1v) is 9.93. The van der Waals surface area contributed by atoms with Gasteiger partial charge < -0.3 is 14.8 Å². The van der Waals surface area contributed by atoms with Gasteiger partial charge in [0.15, 0.2) is 0 Å². The number of hydrogen-bond donors (Lipinski definition) is 1. The number of fused-ring (bicyclic) bond motifs is 2. The predicted octanol–water partition coefficient (Wildman–Crippen LogP) is 1.22. The van der Waals surface area contributed by atoms with Crippen LogP contribution in [0, 0.1) is 30.1 Å². The number of nitrogens with one attached hydrogen (secondary N) is 1. The van der Waals surface area contributed by atoms with Crippen molar-refractivity contribution in [2.45, 2.75) is 39.3 Å². The van der Waals surface area contributed by atoms with E-state index in [0.29, 0.717) is 43.5 Å². The molecule has 0 radical (unpaired) electrons. The number of rotatable bonds is 2. The Balaban J connectivity index is 1.65. The number of pyridine rings is 2. The summed E-state index contributed by atoms with van der Waals surface area (Å²) < 4.78 is 1.83. The van der Waals surface area contributed by atoms with Crippen LogP contribution >= 0.6 is 0 Å². The van der Waals surface area contributed by atoms with Crippen LogP contribution in [0.5, 0.6) is 0 Å². The van der Waals surface area contributed by atoms with Crippen LogP contribution in [-0.4, -0.2) is 45.4 Å². The molecule has 2 aromatic rings. The molecule has 0 aromatic carbocycles. The van der Waals surface area contributed by atoms with Crippen LogP contribution in [0.25, 0.3) is 11.0 Å². The largest absolute Gasteiger partial charge is 0.352 e. The second kappa shape index (κ2) is 7.32. The van der Waals surface area contributed by atoms with Crippen LogP contribution in [0.3, 0.4) is 0 Å². The second-order valence-electron chi connectivity index (χ2n) is 7.81. The standard InChI is InChI=1S/C21H23N5O3/c1-3-25-11-16(18(27)15-5-4-12(2)23-19(15)25)21(29)26-7-6-17-14(10-26)8-13(9-22)20(28)24-17/h4-5,11,13-14,17H,3,6-8,10H2,1-2H3,(H,24,28). The van der Waals surface area contributed by atoms with Crippen LogP contribution in [-0.2, 0) is 11.3 Å². The Kier molecular flexibility index (Phi) is 4.82. The highest BCUT2D eigenvalue weighted by Crippen LogP contribution is 2.29. The quantitative estimate of drug-likeness (QED) is 0.825. The van der Waals surface area contributed by atoms with Crippen LogP contribution in [0.2, 0.25) is 0 Å². The van der Waals surface area contributed by atoms with E-state index in [9.17, 15) is 19.6 Å². The maximum Gasteiger partial charge on any atom is 0.259 e. The van der Waals surface area contributed by atoms with Gasteiger partial charge in [0.1, 0.15) is 17.1 Å². The molecule has 0 aliphatic carbocycles. The number of hydrogen-bond acceptors (Lipinski definition) is 5. The van der Waals surface area contributed by atoms with E-state index in [0.717, 1.165) is 5.69 Å². The van der Waals surface area contributed by atoms with Crippen molar-refractivity contribution in [1.82, 2.24) is 19.8 Å². The zero-order chi connectivity index (χ0) is 20.7. The number of nitrogens with zero attached hydrogens (tertiary/aromatic N) is 4. The van der Waals surface area contributed by atoms with E-state index in [4.69, 9.17) is 0 Å². The molecule has 2 aliphatic heterocycles. The highest BCUT2D eigenvalue weighted by atomic mass is 16.2. The minimum absolute atomic E-state index is 0.0211. The van der Waals surface area contributed by atoms with E-state index in [1.807, 2.05) is 24.5 Å². The third-order valence-electron chi connectivity index (χ3n) is 5.99. The molecule has 8 nitrogen and oxygen atoms in total. The zero-order valence-corrected chi connectivity index (χ0v) is 16.5. The number of nitriles is 1. The lowest BCUT2D eigenvalue weighted by Crippen LogP contribution is -2.57. The van der Waals surface area contributed by atoms with Gasteiger partial charge >= 0.3 is 0 Å². The first kappa shape index (κ1) is 19.1. The predicted molar refractivity (Wildman–Crippen MR) is 106 cm³/mol. The lowest BCUT2D eigenvalue weighted by Gasteiger charge is -2.42. The lowest BCUT2D eigenvalue weighted by molar-refractivity contribution is -0.128. The van der Waals surface area contributed by atoms with Crippen molar-refractivity contribution in [3.8, 4) is 6.07 Å². The summed E-state index contributed by atoms with van der Waals surface area (Å²) >= 11 is 0. The monoisotopic (exact) mass is 393 g/mol. The molecule has 29 heavy (non-hydrogen) atoms. The summed E-state index contributed by atoms with van der Waals surface area (Å²) in [5.41, 5.74) is 1.22. The maximum atomic E-state index is 13.2. The van der Waals surface area contributed by atoms with Gasteiger partial charge in [0.25, 0.3) is 5.91 Å². The number of piperidine rings is 2. The average molecular weight is 393 g/mol. The minimum Gasteiger partial charge on any atom is -0.352 e. The highest BCUT2D eigenvalue weighted by molar-refractivity contribution is 5.97. The Morgan fingerprint density at radius 3 is 2.90 bits per heavy atom. The van der Waals surface area contributed by atoms with Gasteiger partial charge in [0.2, 0.25) is 11.3 Å². The Labute approximate surface area is 168 Å². The van der Waals surface area contributed by atoms with E-state index >= 15 is 0 Å². The Morgan fingerprint density at radius 1 is 1.38 bits per heavy atom. The number of aromatic nitrogens is 2. The highest BCUT2D eigenvalue weighted by Gasteiger charge is 2.40. The van der Waals surface area contributed by atoms with E-state index in [2.05, 4.69) is 10.3 Å². The van der Waals surface area contributed by atoms with Crippen LogP contribution in [0.15, 0.2) is 23.1 Å².